The number of carbonyl (C=O) groups is 2. The Morgan fingerprint density at radius 2 is 2.15 bits per heavy atom. The van der Waals surface area contributed by atoms with Gasteiger partial charge in [0.05, 0.1) is 13.0 Å². The quantitative estimate of drug-likeness (QED) is 0.878. The lowest BCUT2D eigenvalue weighted by Crippen LogP contribution is -2.45. The van der Waals surface area contributed by atoms with E-state index in [0.29, 0.717) is 38.2 Å². The summed E-state index contributed by atoms with van der Waals surface area (Å²) in [5.74, 6) is -0.00326. The van der Waals surface area contributed by atoms with Crippen LogP contribution in [0.5, 0.6) is 5.75 Å². The van der Waals surface area contributed by atoms with Crippen LogP contribution in [0.25, 0.3) is 0 Å². The number of rotatable bonds is 4. The monoisotopic (exact) mass is 363 g/mol. The maximum absolute atomic E-state index is 13.9. The lowest BCUT2D eigenvalue weighted by Gasteiger charge is -2.28. The third-order valence-electron chi connectivity index (χ3n) is 5.16. The average molecular weight is 363 g/mol. The minimum atomic E-state index is -0.351. The SMILES string of the molecule is COc1c(F)cccc1CN1CCCN(C(=O)C2CCC(=O)NC2)CC1. The molecular weight excluding hydrogens is 337 g/mol. The van der Waals surface area contributed by atoms with E-state index >= 15 is 0 Å². The van der Waals surface area contributed by atoms with Gasteiger partial charge in [0.25, 0.3) is 0 Å². The first-order valence-corrected chi connectivity index (χ1v) is 9.17. The molecule has 1 aromatic rings. The Balaban J connectivity index is 1.57. The summed E-state index contributed by atoms with van der Waals surface area (Å²) >= 11 is 0. The molecule has 0 radical (unpaired) electrons. The van der Waals surface area contributed by atoms with Gasteiger partial charge in [-0.2, -0.15) is 0 Å². The second kappa shape index (κ2) is 8.49. The highest BCUT2D eigenvalue weighted by atomic mass is 19.1. The molecule has 26 heavy (non-hydrogen) atoms. The molecule has 3 rings (SSSR count). The molecule has 142 valence electrons. The van der Waals surface area contributed by atoms with Crippen LogP contribution in [-0.4, -0.2) is 61.4 Å². The van der Waals surface area contributed by atoms with E-state index in [9.17, 15) is 14.0 Å². The summed E-state index contributed by atoms with van der Waals surface area (Å²) in [6, 6.07) is 4.97. The number of nitrogens with one attached hydrogen (secondary N) is 1. The second-order valence-corrected chi connectivity index (χ2v) is 6.93. The van der Waals surface area contributed by atoms with Gasteiger partial charge in [0.1, 0.15) is 0 Å². The number of benzene rings is 1. The molecule has 2 fully saturated rings. The van der Waals surface area contributed by atoms with Crippen LogP contribution in [0.3, 0.4) is 0 Å². The number of para-hydroxylation sites is 1. The summed E-state index contributed by atoms with van der Waals surface area (Å²) in [7, 11) is 1.48. The van der Waals surface area contributed by atoms with Crippen molar-refractivity contribution in [1.82, 2.24) is 15.1 Å². The summed E-state index contributed by atoms with van der Waals surface area (Å²) in [5, 5.41) is 2.78. The second-order valence-electron chi connectivity index (χ2n) is 6.93. The van der Waals surface area contributed by atoms with E-state index in [1.54, 1.807) is 6.07 Å². The summed E-state index contributed by atoms with van der Waals surface area (Å²) in [4.78, 5) is 28.1. The number of hydrogen-bond acceptors (Lipinski definition) is 4. The number of carbonyl (C=O) groups excluding carboxylic acids is 2. The predicted molar refractivity (Wildman–Crippen MR) is 95.2 cm³/mol. The zero-order valence-electron chi connectivity index (χ0n) is 15.2. The first kappa shape index (κ1) is 18.6. The zero-order chi connectivity index (χ0) is 18.5. The summed E-state index contributed by atoms with van der Waals surface area (Å²) in [5.41, 5.74) is 0.822. The number of ether oxygens (including phenoxy) is 1. The maximum atomic E-state index is 13.9. The minimum Gasteiger partial charge on any atom is -0.493 e. The molecule has 1 N–H and O–H groups in total. The molecule has 2 aliphatic heterocycles. The third kappa shape index (κ3) is 4.33. The van der Waals surface area contributed by atoms with Gasteiger partial charge in [-0.05, 0) is 18.9 Å². The lowest BCUT2D eigenvalue weighted by atomic mass is 9.97. The lowest BCUT2D eigenvalue weighted by molar-refractivity contribution is -0.137. The Kier molecular flexibility index (Phi) is 6.08. The Labute approximate surface area is 153 Å². The van der Waals surface area contributed by atoms with Crippen LogP contribution in [0.1, 0.15) is 24.8 Å². The first-order chi connectivity index (χ1) is 12.6. The van der Waals surface area contributed by atoms with Gasteiger partial charge in [-0.25, -0.2) is 4.39 Å². The number of amides is 2. The molecular formula is C19H26FN3O3. The van der Waals surface area contributed by atoms with Gasteiger partial charge >= 0.3 is 0 Å². The van der Waals surface area contributed by atoms with E-state index in [-0.39, 0.29) is 23.5 Å². The third-order valence-corrected chi connectivity index (χ3v) is 5.16. The Morgan fingerprint density at radius 1 is 1.31 bits per heavy atom. The number of piperidine rings is 1. The van der Waals surface area contributed by atoms with E-state index in [1.807, 2.05) is 11.0 Å². The smallest absolute Gasteiger partial charge is 0.227 e. The van der Waals surface area contributed by atoms with E-state index < -0.39 is 0 Å². The summed E-state index contributed by atoms with van der Waals surface area (Å²) in [6.07, 6.45) is 1.93. The van der Waals surface area contributed by atoms with Gasteiger partial charge < -0.3 is 15.0 Å². The molecule has 1 atom stereocenters. The molecule has 2 saturated heterocycles. The zero-order valence-corrected chi connectivity index (χ0v) is 15.2. The molecule has 7 heteroatoms. The van der Waals surface area contributed by atoms with Gasteiger partial charge in [-0.3, -0.25) is 14.5 Å². The minimum absolute atomic E-state index is 0.0279. The molecule has 0 aliphatic carbocycles. The highest BCUT2D eigenvalue weighted by Gasteiger charge is 2.29. The fourth-order valence-electron chi connectivity index (χ4n) is 3.70. The van der Waals surface area contributed by atoms with Crippen molar-refractivity contribution in [3.05, 3.63) is 29.6 Å². The number of methoxy groups -OCH3 is 1. The van der Waals surface area contributed by atoms with Crippen molar-refractivity contribution < 1.29 is 18.7 Å². The summed E-state index contributed by atoms with van der Waals surface area (Å²) in [6.45, 7) is 4.01. The van der Waals surface area contributed by atoms with Crippen molar-refractivity contribution in [3.63, 3.8) is 0 Å². The van der Waals surface area contributed by atoms with E-state index in [2.05, 4.69) is 10.2 Å². The fraction of sp³-hybridized carbons (Fsp3) is 0.579. The van der Waals surface area contributed by atoms with Crippen LogP contribution in [-0.2, 0) is 16.1 Å². The van der Waals surface area contributed by atoms with Crippen molar-refractivity contribution in [3.8, 4) is 5.75 Å². The van der Waals surface area contributed by atoms with Crippen molar-refractivity contribution in [2.24, 2.45) is 5.92 Å². The largest absolute Gasteiger partial charge is 0.493 e. The number of hydrogen-bond donors (Lipinski definition) is 1. The first-order valence-electron chi connectivity index (χ1n) is 9.17. The Bertz CT molecular complexity index is 657. The molecule has 2 aliphatic rings. The van der Waals surface area contributed by atoms with Gasteiger partial charge in [0.15, 0.2) is 11.6 Å². The van der Waals surface area contributed by atoms with Crippen LogP contribution in [0, 0.1) is 11.7 Å². The van der Waals surface area contributed by atoms with E-state index in [1.165, 1.54) is 13.2 Å². The molecule has 2 heterocycles. The normalized spacial score (nSPS) is 21.8. The molecule has 0 spiro atoms. The highest BCUT2D eigenvalue weighted by Crippen LogP contribution is 2.24. The van der Waals surface area contributed by atoms with Crippen molar-refractivity contribution in [2.75, 3.05) is 39.8 Å². The van der Waals surface area contributed by atoms with Crippen LogP contribution >= 0.6 is 0 Å². The van der Waals surface area contributed by atoms with Crippen LogP contribution in [0.4, 0.5) is 4.39 Å². The molecule has 1 aromatic carbocycles. The molecule has 6 nitrogen and oxygen atoms in total. The Hall–Kier alpha value is -2.15. The highest BCUT2D eigenvalue weighted by molar-refractivity contribution is 5.83. The number of halogens is 1. The van der Waals surface area contributed by atoms with Gasteiger partial charge in [-0.15, -0.1) is 0 Å². The number of nitrogens with zero attached hydrogens (tertiary/aromatic N) is 2. The van der Waals surface area contributed by atoms with Gasteiger partial charge in [0, 0.05) is 51.3 Å². The van der Waals surface area contributed by atoms with Crippen molar-refractivity contribution in [2.45, 2.75) is 25.8 Å². The molecule has 0 aromatic heterocycles. The van der Waals surface area contributed by atoms with Crippen LogP contribution in [0.2, 0.25) is 0 Å². The van der Waals surface area contributed by atoms with E-state index in [4.69, 9.17) is 4.74 Å². The topological polar surface area (TPSA) is 61.9 Å². The average Bonchev–Trinajstić information content (AvgIpc) is 2.88. The van der Waals surface area contributed by atoms with Crippen molar-refractivity contribution >= 4 is 11.8 Å². The van der Waals surface area contributed by atoms with Gasteiger partial charge in [-0.1, -0.05) is 12.1 Å². The predicted octanol–water partition coefficient (Wildman–Crippen LogP) is 1.39. The molecule has 0 saturated carbocycles. The Morgan fingerprint density at radius 3 is 2.88 bits per heavy atom. The van der Waals surface area contributed by atoms with E-state index in [0.717, 1.165) is 31.6 Å². The van der Waals surface area contributed by atoms with Gasteiger partial charge in [0.2, 0.25) is 11.8 Å². The standard InChI is InChI=1S/C19H26FN3O3/c1-26-18-15(4-2-5-16(18)20)13-22-8-3-9-23(11-10-22)19(25)14-6-7-17(24)21-12-14/h2,4-5,14H,3,6-13H2,1H3,(H,21,24). The molecule has 2 amide bonds. The summed E-state index contributed by atoms with van der Waals surface area (Å²) < 4.78 is 19.1. The van der Waals surface area contributed by atoms with Crippen molar-refractivity contribution in [1.29, 1.82) is 0 Å². The maximum Gasteiger partial charge on any atom is 0.227 e. The molecule has 0 bridgehead atoms. The molecule has 1 unspecified atom stereocenters. The van der Waals surface area contributed by atoms with Crippen LogP contribution in [0.15, 0.2) is 18.2 Å². The fourth-order valence-corrected chi connectivity index (χ4v) is 3.70. The van der Waals surface area contributed by atoms with Crippen LogP contribution < -0.4 is 10.1 Å².